The molecule has 0 saturated carbocycles. The van der Waals surface area contributed by atoms with Crippen LogP contribution in [0.1, 0.15) is 77.8 Å². The molecule has 324 valence electrons. The van der Waals surface area contributed by atoms with E-state index in [1.54, 1.807) is 26.7 Å². The highest BCUT2D eigenvalue weighted by Crippen LogP contribution is 2.58. The molecule has 2 aliphatic heterocycles. The Balaban J connectivity index is 1.38. The van der Waals surface area contributed by atoms with Crippen molar-refractivity contribution in [3.63, 3.8) is 0 Å². The van der Waals surface area contributed by atoms with Gasteiger partial charge in [0.15, 0.2) is 11.9 Å². The maximum atomic E-state index is 9.51. The van der Waals surface area contributed by atoms with Crippen LogP contribution in [0, 0.1) is 17.2 Å². The number of methoxy groups -OCH3 is 2. The van der Waals surface area contributed by atoms with E-state index in [2.05, 4.69) is 74.7 Å². The van der Waals surface area contributed by atoms with Gasteiger partial charge in [0.05, 0.1) is 58.6 Å². The first-order chi connectivity index (χ1) is 29.4. The number of ether oxygens (including phenoxy) is 5. The lowest BCUT2D eigenvalue weighted by Crippen LogP contribution is -2.54. The summed E-state index contributed by atoms with van der Waals surface area (Å²) in [7, 11) is 1.59. The van der Waals surface area contributed by atoms with Gasteiger partial charge in [-0.25, -0.2) is 14.6 Å². The summed E-state index contributed by atoms with van der Waals surface area (Å²) < 4.78 is 51.1. The van der Waals surface area contributed by atoms with Crippen LogP contribution < -0.4 is 14.8 Å². The first kappa shape index (κ1) is 44.3. The summed E-state index contributed by atoms with van der Waals surface area (Å²) in [6.07, 6.45) is 0.945. The maximum absolute atomic E-state index is 9.51. The number of benzene rings is 3. The van der Waals surface area contributed by atoms with E-state index in [0.29, 0.717) is 29.6 Å². The molecule has 3 aromatic carbocycles. The van der Waals surface area contributed by atoms with Crippen molar-refractivity contribution in [3.8, 4) is 17.6 Å². The molecule has 61 heavy (non-hydrogen) atoms. The third kappa shape index (κ3) is 8.84. The lowest BCUT2D eigenvalue weighted by Gasteiger charge is -2.44. The lowest BCUT2D eigenvalue weighted by molar-refractivity contribution is -0.228. The van der Waals surface area contributed by atoms with Gasteiger partial charge in [-0.2, -0.15) is 10.2 Å². The van der Waals surface area contributed by atoms with Gasteiger partial charge in [-0.15, -0.1) is 0 Å². The highest BCUT2D eigenvalue weighted by Gasteiger charge is 2.68. The Morgan fingerprint density at radius 2 is 1.52 bits per heavy atom. The molecule has 2 aromatic heterocycles. The summed E-state index contributed by atoms with van der Waals surface area (Å²) in [6.45, 7) is 15.9. The predicted octanol–water partition coefficient (Wildman–Crippen LogP) is 8.64. The summed E-state index contributed by atoms with van der Waals surface area (Å²) in [5, 5.41) is 12.9. The van der Waals surface area contributed by atoms with E-state index in [-0.39, 0.29) is 31.7 Å². The molecule has 15 heteroatoms. The predicted molar refractivity (Wildman–Crippen MR) is 234 cm³/mol. The van der Waals surface area contributed by atoms with Gasteiger partial charge in [0.25, 0.3) is 8.53 Å². The second-order valence-electron chi connectivity index (χ2n) is 16.4. The number of nitrogens with zero attached hydrogens (tertiary/aromatic N) is 6. The Morgan fingerprint density at radius 1 is 0.902 bits per heavy atom. The fourth-order valence-corrected chi connectivity index (χ4v) is 10.1. The summed E-state index contributed by atoms with van der Waals surface area (Å²) in [6, 6.07) is 28.4. The van der Waals surface area contributed by atoms with Crippen molar-refractivity contribution in [2.45, 2.75) is 103 Å². The Kier molecular flexibility index (Phi) is 13.9. The zero-order chi connectivity index (χ0) is 43.3. The van der Waals surface area contributed by atoms with Crippen LogP contribution in [-0.2, 0) is 28.9 Å². The van der Waals surface area contributed by atoms with E-state index < -0.39 is 44.3 Å². The van der Waals surface area contributed by atoms with Crippen molar-refractivity contribution in [1.29, 1.82) is 5.26 Å². The number of imidazole rings is 1. The van der Waals surface area contributed by atoms with Crippen molar-refractivity contribution in [2.75, 3.05) is 39.3 Å². The molecule has 2 saturated heterocycles. The molecule has 0 radical (unpaired) electrons. The van der Waals surface area contributed by atoms with Gasteiger partial charge in [0, 0.05) is 18.6 Å². The van der Waals surface area contributed by atoms with Crippen LogP contribution in [-0.4, -0.2) is 94.2 Å². The summed E-state index contributed by atoms with van der Waals surface area (Å²) >= 11 is 0. The average Bonchev–Trinajstić information content (AvgIpc) is 3.95. The molecule has 4 heterocycles. The van der Waals surface area contributed by atoms with E-state index in [9.17, 15) is 5.26 Å². The van der Waals surface area contributed by atoms with Crippen molar-refractivity contribution in [3.05, 3.63) is 108 Å². The minimum absolute atomic E-state index is 0.0661. The average molecular weight is 852 g/mol. The van der Waals surface area contributed by atoms with Gasteiger partial charge in [0.2, 0.25) is 5.95 Å². The fourth-order valence-electron chi connectivity index (χ4n) is 8.29. The topological polar surface area (TPSA) is 147 Å². The zero-order valence-electron chi connectivity index (χ0n) is 36.5. The molecular formula is C46H58N7O7P. The van der Waals surface area contributed by atoms with Gasteiger partial charge in [-0.3, -0.25) is 4.57 Å². The monoisotopic (exact) mass is 851 g/mol. The number of nitriles is 1. The quantitative estimate of drug-likeness (QED) is 0.0453. The molecule has 0 aliphatic carbocycles. The summed E-state index contributed by atoms with van der Waals surface area (Å²) in [5.41, 5.74) is 1.52. The molecule has 1 unspecified atom stereocenters. The summed E-state index contributed by atoms with van der Waals surface area (Å²) in [5.74, 6) is 2.33. The Hall–Kier alpha value is -4.71. The number of hydrogen-bond donors (Lipinski definition) is 1. The van der Waals surface area contributed by atoms with Crippen LogP contribution in [0.25, 0.3) is 11.2 Å². The van der Waals surface area contributed by atoms with E-state index in [4.69, 9.17) is 42.7 Å². The van der Waals surface area contributed by atoms with Crippen molar-refractivity contribution in [1.82, 2.24) is 24.2 Å². The molecule has 14 nitrogen and oxygen atoms in total. The van der Waals surface area contributed by atoms with Crippen LogP contribution >= 0.6 is 8.53 Å². The first-order valence-corrected chi connectivity index (χ1v) is 22.1. The molecule has 2 fully saturated rings. The van der Waals surface area contributed by atoms with Gasteiger partial charge < -0.3 is 38.0 Å². The molecule has 2 bridgehead atoms. The molecule has 0 amide bonds. The van der Waals surface area contributed by atoms with Crippen LogP contribution in [0.4, 0.5) is 5.95 Å². The van der Waals surface area contributed by atoms with Crippen LogP contribution in [0.15, 0.2) is 91.4 Å². The van der Waals surface area contributed by atoms with E-state index in [1.165, 1.54) is 0 Å². The molecule has 2 aliphatic rings. The highest BCUT2D eigenvalue weighted by molar-refractivity contribution is 7.44. The number of hydrogen-bond acceptors (Lipinski definition) is 13. The smallest absolute Gasteiger partial charge is 0.259 e. The van der Waals surface area contributed by atoms with Gasteiger partial charge in [0.1, 0.15) is 40.4 Å². The SMILES string of the molecule is COc1ccc(C(O[C@@H](C)[C@@]23CO[C@@H]([C@H](n4cnc5cnc(NCC(C)C)nc54)O2)[C@@H]3OP(OCCC#N)N(C(C)C)C(C)C)(c2ccccc2)c2ccc(OC)cc2)cc1. The Morgan fingerprint density at radius 3 is 2.10 bits per heavy atom. The fraction of sp³-hybridized carbons (Fsp3) is 0.478. The largest absolute Gasteiger partial charge is 0.497 e. The Labute approximate surface area is 360 Å². The number of rotatable bonds is 20. The number of nitrogens with one attached hydrogen (secondary N) is 1. The minimum Gasteiger partial charge on any atom is -0.497 e. The second-order valence-corrected chi connectivity index (χ2v) is 17.8. The van der Waals surface area contributed by atoms with E-state index >= 15 is 0 Å². The second kappa shape index (κ2) is 19.1. The summed E-state index contributed by atoms with van der Waals surface area (Å²) in [4.78, 5) is 14.1. The van der Waals surface area contributed by atoms with Crippen molar-refractivity contribution >= 4 is 25.6 Å². The van der Waals surface area contributed by atoms with Crippen LogP contribution in [0.2, 0.25) is 0 Å². The number of fused-ring (bicyclic) bond motifs is 3. The highest BCUT2D eigenvalue weighted by atomic mass is 31.2. The standard InChI is InChI=1S/C46H58N7O7P/c1-30(2)26-48-44-49-27-39-42(51-44)52(29-50-39)43-40-41(60-61(57-25-13-24-47)53(31(3)4)32(5)6)45(59-43,28-56-40)33(7)58-46(34-14-11-10-12-15-34,35-16-20-37(54-8)21-17-35)36-18-22-38(55-9)23-19-36/h10-12,14-23,27,29-33,40-41,43H,13,25-26,28H2,1-9H3,(H,48,49,51)/t33-,40+,41-,43+,45+,61?/m0/s1. The van der Waals surface area contributed by atoms with Gasteiger partial charge in [-0.1, -0.05) is 68.4 Å². The van der Waals surface area contributed by atoms with Crippen molar-refractivity contribution in [2.24, 2.45) is 5.92 Å². The van der Waals surface area contributed by atoms with Gasteiger partial charge >= 0.3 is 0 Å². The molecule has 6 atom stereocenters. The maximum Gasteiger partial charge on any atom is 0.259 e. The van der Waals surface area contributed by atoms with E-state index in [0.717, 1.165) is 28.2 Å². The molecule has 1 N–H and O–H groups in total. The van der Waals surface area contributed by atoms with Crippen molar-refractivity contribution < 1.29 is 32.7 Å². The lowest BCUT2D eigenvalue weighted by atomic mass is 9.79. The first-order valence-electron chi connectivity index (χ1n) is 21.0. The zero-order valence-corrected chi connectivity index (χ0v) is 37.4. The number of anilines is 1. The Bertz CT molecular complexity index is 2180. The molecule has 7 rings (SSSR count). The minimum atomic E-state index is -1.72. The third-order valence-corrected chi connectivity index (χ3v) is 13.4. The normalized spacial score (nSPS) is 21.1. The molecule has 5 aromatic rings. The van der Waals surface area contributed by atoms with Gasteiger partial charge in [-0.05, 0) is 81.5 Å². The van der Waals surface area contributed by atoms with Crippen LogP contribution in [0.3, 0.4) is 0 Å². The third-order valence-electron chi connectivity index (χ3n) is 11.2. The van der Waals surface area contributed by atoms with Crippen LogP contribution in [0.5, 0.6) is 11.5 Å². The molecular weight excluding hydrogens is 794 g/mol. The number of aromatic nitrogens is 4. The van der Waals surface area contributed by atoms with E-state index in [1.807, 2.05) is 78.2 Å². The molecule has 0 spiro atoms.